The monoisotopic (exact) mass is 537 g/mol. The average Bonchev–Trinajstić information content (AvgIpc) is 3.37. The summed E-state index contributed by atoms with van der Waals surface area (Å²) in [6.07, 6.45) is 7.82. The van der Waals surface area contributed by atoms with Crippen molar-refractivity contribution in [3.63, 3.8) is 0 Å². The van der Waals surface area contributed by atoms with Crippen molar-refractivity contribution in [1.29, 1.82) is 0 Å². The molecular formula is C32H35N5O3. The molecule has 0 saturated heterocycles. The third-order valence-electron chi connectivity index (χ3n) is 8.63. The minimum Gasteiger partial charge on any atom is -0.481 e. The second kappa shape index (κ2) is 10.8. The number of carbonyl (C=O) groups excluding carboxylic acids is 1. The van der Waals surface area contributed by atoms with Crippen molar-refractivity contribution < 1.29 is 14.7 Å². The number of rotatable bonds is 2. The smallest absolute Gasteiger partial charge is 0.304 e. The molecule has 1 unspecified atom stereocenters. The molecule has 0 fully saturated rings. The van der Waals surface area contributed by atoms with Gasteiger partial charge >= 0.3 is 5.97 Å². The van der Waals surface area contributed by atoms with Crippen LogP contribution < -0.4 is 0 Å². The predicted molar refractivity (Wildman–Crippen MR) is 152 cm³/mol. The number of carboxylic acid groups (broad SMARTS) is 1. The molecule has 5 aliphatic heterocycles. The van der Waals surface area contributed by atoms with Gasteiger partial charge in [0, 0.05) is 37.3 Å². The third kappa shape index (κ3) is 4.98. The molecule has 1 atom stereocenters. The van der Waals surface area contributed by atoms with E-state index in [4.69, 9.17) is 4.98 Å². The van der Waals surface area contributed by atoms with Crippen LogP contribution >= 0.6 is 0 Å². The number of hydrogen-bond donors (Lipinski definition) is 1. The van der Waals surface area contributed by atoms with E-state index in [0.29, 0.717) is 18.7 Å². The molecule has 0 spiro atoms. The first-order chi connectivity index (χ1) is 19.4. The summed E-state index contributed by atoms with van der Waals surface area (Å²) < 4.78 is 1.87. The van der Waals surface area contributed by atoms with Crippen LogP contribution in [0.4, 0.5) is 0 Å². The fourth-order valence-electron chi connectivity index (χ4n) is 6.39. The van der Waals surface area contributed by atoms with Crippen LogP contribution in [0, 0.1) is 13.8 Å². The second-order valence-electron chi connectivity index (χ2n) is 11.3. The molecule has 0 aliphatic carbocycles. The van der Waals surface area contributed by atoms with Gasteiger partial charge in [0.15, 0.2) is 5.65 Å². The Morgan fingerprint density at radius 3 is 2.62 bits per heavy atom. The Hall–Kier alpha value is -4.07. The van der Waals surface area contributed by atoms with Gasteiger partial charge in [-0.1, -0.05) is 42.3 Å². The van der Waals surface area contributed by atoms with Crippen molar-refractivity contribution in [2.45, 2.75) is 77.8 Å². The molecule has 5 aliphatic rings. The van der Waals surface area contributed by atoms with Crippen LogP contribution in [0.2, 0.25) is 0 Å². The Morgan fingerprint density at radius 2 is 1.82 bits per heavy atom. The first-order valence-corrected chi connectivity index (χ1v) is 14.3. The van der Waals surface area contributed by atoms with E-state index in [1.54, 1.807) is 0 Å². The number of carbonyl (C=O) groups is 2. The Balaban J connectivity index is 1.44. The highest BCUT2D eigenvalue weighted by molar-refractivity contribution is 5.94. The zero-order chi connectivity index (χ0) is 27.8. The lowest BCUT2D eigenvalue weighted by Crippen LogP contribution is -2.36. The SMILES string of the molecule is Cc1cc2cc3c1CCN(C3)C(=O)c1ccc(cc1)CCCCCCn1nnc3c(C)c(cnc31)C2CC(=O)O. The van der Waals surface area contributed by atoms with Crippen molar-refractivity contribution in [3.05, 3.63) is 87.1 Å². The van der Waals surface area contributed by atoms with Crippen LogP contribution in [0.5, 0.6) is 0 Å². The third-order valence-corrected chi connectivity index (χ3v) is 8.63. The van der Waals surface area contributed by atoms with Gasteiger partial charge < -0.3 is 10.0 Å². The Labute approximate surface area is 234 Å². The van der Waals surface area contributed by atoms with Gasteiger partial charge in [-0.25, -0.2) is 9.67 Å². The van der Waals surface area contributed by atoms with E-state index in [-0.39, 0.29) is 18.2 Å². The number of aliphatic carboxylic acids is 1. The highest BCUT2D eigenvalue weighted by Gasteiger charge is 2.27. The molecule has 1 N–H and O–H groups in total. The molecule has 1 amide bonds. The number of hydrogen-bond acceptors (Lipinski definition) is 5. The molecule has 4 aromatic rings. The summed E-state index contributed by atoms with van der Waals surface area (Å²) in [5.41, 5.74) is 9.60. The summed E-state index contributed by atoms with van der Waals surface area (Å²) >= 11 is 0. The van der Waals surface area contributed by atoms with Gasteiger partial charge in [-0.2, -0.15) is 0 Å². The van der Waals surface area contributed by atoms with Gasteiger partial charge in [-0.15, -0.1) is 5.10 Å². The summed E-state index contributed by atoms with van der Waals surface area (Å²) in [4.78, 5) is 32.2. The van der Waals surface area contributed by atoms with Crippen LogP contribution in [0.25, 0.3) is 11.2 Å². The summed E-state index contributed by atoms with van der Waals surface area (Å²) in [5, 5.41) is 18.8. The van der Waals surface area contributed by atoms with E-state index in [1.807, 2.05) is 34.8 Å². The number of aromatic nitrogens is 4. The van der Waals surface area contributed by atoms with Crippen molar-refractivity contribution in [1.82, 2.24) is 24.9 Å². The van der Waals surface area contributed by atoms with Gasteiger partial charge in [-0.05, 0) is 90.6 Å². The zero-order valence-electron chi connectivity index (χ0n) is 23.2. The standard InChI is InChI=1S/C32H35N5O3/c1-20-15-24-16-25-19-36(14-12-26(20)25)32(40)23-10-8-22(9-11-23)7-5-3-4-6-13-37-31-30(34-35-37)21(2)28(18-33-31)27(24)17-29(38)39/h8-11,15-16,18,27H,3-7,12-14,17,19H2,1-2H3,(H,38,39). The van der Waals surface area contributed by atoms with Gasteiger partial charge in [0.25, 0.3) is 5.91 Å². The number of benzene rings is 2. The maximum absolute atomic E-state index is 13.5. The minimum atomic E-state index is -0.870. The summed E-state index contributed by atoms with van der Waals surface area (Å²) in [6.45, 7) is 6.00. The molecule has 9 rings (SSSR count). The molecule has 0 radical (unpaired) electrons. The fraction of sp³-hybridized carbons (Fsp3) is 0.406. The van der Waals surface area contributed by atoms with Crippen LogP contribution in [0.1, 0.15) is 87.3 Å². The molecule has 206 valence electrons. The van der Waals surface area contributed by atoms with Crippen LogP contribution in [-0.2, 0) is 30.7 Å². The molecule has 40 heavy (non-hydrogen) atoms. The highest BCUT2D eigenvalue weighted by atomic mass is 16.4. The largest absolute Gasteiger partial charge is 0.481 e. The van der Waals surface area contributed by atoms with E-state index >= 15 is 0 Å². The number of nitrogens with zero attached hydrogens (tertiary/aromatic N) is 5. The maximum Gasteiger partial charge on any atom is 0.304 e. The van der Waals surface area contributed by atoms with Crippen LogP contribution in [-0.4, -0.2) is 48.4 Å². The van der Waals surface area contributed by atoms with Gasteiger partial charge in [0.1, 0.15) is 5.52 Å². The van der Waals surface area contributed by atoms with Crippen molar-refractivity contribution in [2.24, 2.45) is 0 Å². The Morgan fingerprint density at radius 1 is 1.02 bits per heavy atom. The predicted octanol–water partition coefficient (Wildman–Crippen LogP) is 5.36. The summed E-state index contributed by atoms with van der Waals surface area (Å²) in [6, 6.07) is 12.3. The van der Waals surface area contributed by atoms with Gasteiger partial charge in [-0.3, -0.25) is 9.59 Å². The minimum absolute atomic E-state index is 0.0399. The maximum atomic E-state index is 13.5. The fourth-order valence-corrected chi connectivity index (χ4v) is 6.39. The first kappa shape index (κ1) is 26.2. The summed E-state index contributed by atoms with van der Waals surface area (Å²) in [7, 11) is 0. The number of pyridine rings is 1. The lowest BCUT2D eigenvalue weighted by atomic mass is 9.83. The highest BCUT2D eigenvalue weighted by Crippen LogP contribution is 2.36. The molecule has 9 bridgehead atoms. The van der Waals surface area contributed by atoms with E-state index in [1.165, 1.54) is 11.1 Å². The number of aryl methyl sites for hydroxylation is 4. The lowest BCUT2D eigenvalue weighted by molar-refractivity contribution is -0.137. The topological polar surface area (TPSA) is 101 Å². The zero-order valence-corrected chi connectivity index (χ0v) is 23.2. The van der Waals surface area contributed by atoms with Crippen LogP contribution in [0.15, 0.2) is 42.6 Å². The molecule has 0 saturated carbocycles. The van der Waals surface area contributed by atoms with Crippen molar-refractivity contribution in [2.75, 3.05) is 6.54 Å². The molecule has 8 heteroatoms. The second-order valence-corrected chi connectivity index (χ2v) is 11.3. The Bertz CT molecular complexity index is 1590. The van der Waals surface area contributed by atoms with E-state index < -0.39 is 5.97 Å². The molecular weight excluding hydrogens is 502 g/mol. The quantitative estimate of drug-likeness (QED) is 0.369. The van der Waals surface area contributed by atoms with Gasteiger partial charge in [0.2, 0.25) is 0 Å². The lowest BCUT2D eigenvalue weighted by Gasteiger charge is -2.31. The molecule has 8 nitrogen and oxygen atoms in total. The molecule has 2 aromatic heterocycles. The van der Waals surface area contributed by atoms with Crippen molar-refractivity contribution >= 4 is 23.0 Å². The normalized spacial score (nSPS) is 17.9. The molecule has 2 aromatic carbocycles. The van der Waals surface area contributed by atoms with E-state index in [0.717, 1.165) is 84.1 Å². The number of carboxylic acids is 1. The average molecular weight is 538 g/mol. The number of amides is 1. The van der Waals surface area contributed by atoms with Crippen LogP contribution in [0.3, 0.4) is 0 Å². The van der Waals surface area contributed by atoms with E-state index in [2.05, 4.69) is 41.5 Å². The van der Waals surface area contributed by atoms with Gasteiger partial charge in [0.05, 0.1) is 6.42 Å². The van der Waals surface area contributed by atoms with Crippen molar-refractivity contribution in [3.8, 4) is 0 Å². The first-order valence-electron chi connectivity index (χ1n) is 14.3. The Kier molecular flexibility index (Phi) is 7.09. The summed E-state index contributed by atoms with van der Waals surface area (Å²) in [5.74, 6) is -1.22. The molecule has 7 heterocycles. The van der Waals surface area contributed by atoms with E-state index in [9.17, 15) is 14.7 Å².